The maximum Gasteiger partial charge on any atom is 0.226 e. The number of carbonyl (C=O) groups is 1. The normalized spacial score (nSPS) is 27.9. The molecule has 0 spiro atoms. The van der Waals surface area contributed by atoms with Crippen LogP contribution in [0.15, 0.2) is 0 Å². The molecule has 0 aliphatic heterocycles. The number of nitrogens with one attached hydrogen (secondary N) is 1. The Bertz CT molecular complexity index is 344. The Morgan fingerprint density at radius 2 is 1.89 bits per heavy atom. The predicted octanol–water partition coefficient (Wildman–Crippen LogP) is 3.16. The van der Waals surface area contributed by atoms with E-state index in [4.69, 9.17) is 18.0 Å². The van der Waals surface area contributed by atoms with Crippen LogP contribution in [0.4, 0.5) is 0 Å². The maximum atomic E-state index is 12.4. The fourth-order valence-electron chi connectivity index (χ4n) is 2.56. The highest BCUT2D eigenvalue weighted by atomic mass is 32.1. The van der Waals surface area contributed by atoms with E-state index in [9.17, 15) is 4.79 Å². The second-order valence-corrected chi connectivity index (χ2v) is 6.93. The molecule has 0 bridgehead atoms. The molecule has 0 saturated heterocycles. The zero-order valence-electron chi connectivity index (χ0n) is 12.7. The van der Waals surface area contributed by atoms with Gasteiger partial charge in [0.1, 0.15) is 0 Å². The molecule has 3 N–H and O–H groups in total. The molecular weight excluding hydrogens is 256 g/mol. The van der Waals surface area contributed by atoms with Crippen LogP contribution in [-0.4, -0.2) is 16.4 Å². The van der Waals surface area contributed by atoms with Gasteiger partial charge in [0, 0.05) is 5.41 Å². The van der Waals surface area contributed by atoms with Crippen molar-refractivity contribution < 1.29 is 4.79 Å². The Hall–Kier alpha value is -0.640. The summed E-state index contributed by atoms with van der Waals surface area (Å²) in [5.74, 6) is 0.816. The van der Waals surface area contributed by atoms with Gasteiger partial charge in [-0.25, -0.2) is 0 Å². The summed E-state index contributed by atoms with van der Waals surface area (Å²) < 4.78 is 0. The van der Waals surface area contributed by atoms with Crippen LogP contribution < -0.4 is 11.1 Å². The molecule has 1 aliphatic carbocycles. The minimum atomic E-state index is -0.454. The maximum absolute atomic E-state index is 12.4. The molecule has 1 aliphatic rings. The van der Waals surface area contributed by atoms with Gasteiger partial charge in [0.05, 0.1) is 10.5 Å². The van der Waals surface area contributed by atoms with Crippen LogP contribution in [0.25, 0.3) is 0 Å². The summed E-state index contributed by atoms with van der Waals surface area (Å²) in [5, 5.41) is 3.16. The van der Waals surface area contributed by atoms with Gasteiger partial charge in [0.25, 0.3) is 0 Å². The van der Waals surface area contributed by atoms with Gasteiger partial charge >= 0.3 is 0 Å². The molecular formula is C15H28N2OS. The summed E-state index contributed by atoms with van der Waals surface area (Å²) in [6.45, 7) is 8.18. The van der Waals surface area contributed by atoms with Crippen LogP contribution >= 0.6 is 12.2 Å². The van der Waals surface area contributed by atoms with Crippen LogP contribution in [0.3, 0.4) is 0 Å². The lowest BCUT2D eigenvalue weighted by Crippen LogP contribution is -2.60. The largest absolute Gasteiger partial charge is 0.391 e. The topological polar surface area (TPSA) is 55.1 Å². The van der Waals surface area contributed by atoms with Crippen molar-refractivity contribution in [3.05, 3.63) is 0 Å². The van der Waals surface area contributed by atoms with Crippen molar-refractivity contribution in [3.8, 4) is 0 Å². The van der Waals surface area contributed by atoms with Crippen molar-refractivity contribution >= 4 is 23.1 Å². The van der Waals surface area contributed by atoms with Gasteiger partial charge < -0.3 is 11.1 Å². The van der Waals surface area contributed by atoms with Crippen LogP contribution in [0, 0.1) is 11.3 Å². The Balaban J connectivity index is 2.80. The first-order chi connectivity index (χ1) is 8.77. The van der Waals surface area contributed by atoms with Crippen LogP contribution in [-0.2, 0) is 4.79 Å². The van der Waals surface area contributed by atoms with Gasteiger partial charge in [-0.2, -0.15) is 0 Å². The molecule has 0 unspecified atom stereocenters. The third-order valence-corrected chi connectivity index (χ3v) is 5.25. The second kappa shape index (κ2) is 6.21. The average molecular weight is 284 g/mol. The number of hydrogen-bond acceptors (Lipinski definition) is 2. The van der Waals surface area contributed by atoms with Crippen LogP contribution in [0.5, 0.6) is 0 Å². The van der Waals surface area contributed by atoms with E-state index >= 15 is 0 Å². The summed E-state index contributed by atoms with van der Waals surface area (Å²) in [6, 6.07) is 0. The fourth-order valence-corrected chi connectivity index (χ4v) is 2.81. The predicted molar refractivity (Wildman–Crippen MR) is 84.0 cm³/mol. The van der Waals surface area contributed by atoms with Crippen molar-refractivity contribution in [1.82, 2.24) is 5.32 Å². The molecule has 0 aromatic heterocycles. The molecule has 1 fully saturated rings. The third kappa shape index (κ3) is 3.68. The van der Waals surface area contributed by atoms with Gasteiger partial charge in [0.15, 0.2) is 0 Å². The Labute approximate surface area is 122 Å². The average Bonchev–Trinajstić information content (AvgIpc) is 2.39. The molecule has 4 heteroatoms. The second-order valence-electron chi connectivity index (χ2n) is 6.49. The minimum absolute atomic E-state index is 0.0674. The van der Waals surface area contributed by atoms with E-state index in [1.54, 1.807) is 0 Å². The summed E-state index contributed by atoms with van der Waals surface area (Å²) in [4.78, 5) is 12.8. The molecule has 1 saturated carbocycles. The number of hydrogen-bond donors (Lipinski definition) is 2. The van der Waals surface area contributed by atoms with E-state index in [0.717, 1.165) is 38.0 Å². The fraction of sp³-hybridized carbons (Fsp3) is 0.867. The number of amides is 1. The zero-order valence-corrected chi connectivity index (χ0v) is 13.5. The van der Waals surface area contributed by atoms with E-state index in [1.165, 1.54) is 6.42 Å². The Morgan fingerprint density at radius 1 is 1.37 bits per heavy atom. The van der Waals surface area contributed by atoms with Gasteiger partial charge in [-0.3, -0.25) is 4.79 Å². The lowest BCUT2D eigenvalue weighted by atomic mass is 9.74. The summed E-state index contributed by atoms with van der Waals surface area (Å²) >= 11 is 5.24. The molecule has 0 atom stereocenters. The van der Waals surface area contributed by atoms with Gasteiger partial charge in [-0.05, 0) is 38.0 Å². The van der Waals surface area contributed by atoms with E-state index in [1.807, 2.05) is 20.8 Å². The highest BCUT2D eigenvalue weighted by molar-refractivity contribution is 7.80. The van der Waals surface area contributed by atoms with E-state index in [0.29, 0.717) is 4.99 Å². The summed E-state index contributed by atoms with van der Waals surface area (Å²) in [5.41, 5.74) is 5.12. The first-order valence-electron chi connectivity index (χ1n) is 7.40. The first kappa shape index (κ1) is 16.4. The minimum Gasteiger partial charge on any atom is -0.391 e. The molecule has 0 aromatic rings. The summed E-state index contributed by atoms with van der Waals surface area (Å²) in [7, 11) is 0. The third-order valence-electron chi connectivity index (χ3n) is 4.86. The van der Waals surface area contributed by atoms with Gasteiger partial charge in [0.2, 0.25) is 5.91 Å². The van der Waals surface area contributed by atoms with Crippen LogP contribution in [0.2, 0.25) is 0 Å². The molecule has 0 radical (unpaired) electrons. The quantitative estimate of drug-likeness (QED) is 0.762. The lowest BCUT2D eigenvalue weighted by molar-refractivity contribution is -0.131. The van der Waals surface area contributed by atoms with Crippen molar-refractivity contribution in [2.75, 3.05) is 0 Å². The number of rotatable bonds is 5. The Morgan fingerprint density at radius 3 is 2.26 bits per heavy atom. The molecule has 3 nitrogen and oxygen atoms in total. The van der Waals surface area contributed by atoms with Crippen molar-refractivity contribution in [3.63, 3.8) is 0 Å². The molecule has 1 rings (SSSR count). The van der Waals surface area contributed by atoms with Crippen molar-refractivity contribution in [2.24, 2.45) is 17.1 Å². The highest BCUT2D eigenvalue weighted by Gasteiger charge is 2.41. The van der Waals surface area contributed by atoms with Gasteiger partial charge in [-0.15, -0.1) is 0 Å². The molecule has 0 heterocycles. The number of nitrogens with two attached hydrogens (primary N) is 1. The SMILES string of the molecule is CCC1CCC(NC(=O)C(C)(C)CC)(C(N)=S)CC1. The number of carbonyl (C=O) groups excluding carboxylic acids is 1. The zero-order chi connectivity index (χ0) is 14.7. The standard InChI is InChI=1S/C15H28N2OS/c1-5-11-7-9-15(10-8-11,12(16)19)17-13(18)14(3,4)6-2/h11H,5-10H2,1-4H3,(H2,16,19)(H,17,18). The first-order valence-corrected chi connectivity index (χ1v) is 7.80. The van der Waals surface area contributed by atoms with Crippen molar-refractivity contribution in [1.29, 1.82) is 0 Å². The number of thiocarbonyl (C=S) groups is 1. The molecule has 110 valence electrons. The van der Waals surface area contributed by atoms with E-state index in [-0.39, 0.29) is 11.3 Å². The monoisotopic (exact) mass is 284 g/mol. The van der Waals surface area contributed by atoms with E-state index < -0.39 is 5.54 Å². The highest BCUT2D eigenvalue weighted by Crippen LogP contribution is 2.35. The van der Waals surface area contributed by atoms with Crippen LogP contribution in [0.1, 0.15) is 66.2 Å². The Kier molecular flexibility index (Phi) is 5.36. The lowest BCUT2D eigenvalue weighted by Gasteiger charge is -2.41. The molecule has 19 heavy (non-hydrogen) atoms. The smallest absolute Gasteiger partial charge is 0.226 e. The van der Waals surface area contributed by atoms with Gasteiger partial charge in [-0.1, -0.05) is 46.3 Å². The molecule has 1 amide bonds. The summed E-state index contributed by atoms with van der Waals surface area (Å²) in [6.07, 6.45) is 5.96. The molecule has 0 aromatic carbocycles. The van der Waals surface area contributed by atoms with E-state index in [2.05, 4.69) is 12.2 Å². The van der Waals surface area contributed by atoms with Crippen molar-refractivity contribution in [2.45, 2.75) is 71.8 Å².